The lowest BCUT2D eigenvalue weighted by atomic mass is 10.2. The minimum Gasteiger partial charge on any atom is -0.334 e. The second kappa shape index (κ2) is 8.72. The van der Waals surface area contributed by atoms with E-state index in [9.17, 15) is 14.9 Å². The minimum absolute atomic E-state index is 0.0323. The van der Waals surface area contributed by atoms with Gasteiger partial charge in [-0.05, 0) is 37.3 Å². The van der Waals surface area contributed by atoms with E-state index >= 15 is 0 Å². The Morgan fingerprint density at radius 1 is 1.07 bits per heavy atom. The van der Waals surface area contributed by atoms with Crippen LogP contribution in [0.4, 0.5) is 23.0 Å². The first kappa shape index (κ1) is 20.3. The van der Waals surface area contributed by atoms with Crippen molar-refractivity contribution in [2.75, 3.05) is 10.7 Å². The van der Waals surface area contributed by atoms with Gasteiger partial charge in [-0.15, -0.1) is 0 Å². The molecule has 0 bridgehead atoms. The molecule has 0 aliphatic carbocycles. The van der Waals surface area contributed by atoms with Gasteiger partial charge in [-0.2, -0.15) is 0 Å². The number of benzene rings is 2. The highest BCUT2D eigenvalue weighted by molar-refractivity contribution is 6.36. The van der Waals surface area contributed by atoms with Crippen LogP contribution in [-0.4, -0.2) is 20.8 Å². The number of hydrazine groups is 1. The fourth-order valence-electron chi connectivity index (χ4n) is 2.37. The Labute approximate surface area is 175 Å². The second-order valence-corrected chi connectivity index (χ2v) is 6.71. The summed E-state index contributed by atoms with van der Waals surface area (Å²) in [7, 11) is 0. The van der Waals surface area contributed by atoms with Crippen LogP contribution < -0.4 is 16.2 Å². The molecule has 3 rings (SSSR count). The van der Waals surface area contributed by atoms with E-state index < -0.39 is 16.5 Å². The number of carbonyl (C=O) groups is 1. The van der Waals surface area contributed by atoms with Gasteiger partial charge in [0.1, 0.15) is 6.33 Å². The number of carbonyl (C=O) groups excluding carboxylic acids is 1. The van der Waals surface area contributed by atoms with Gasteiger partial charge in [0.05, 0.1) is 15.5 Å². The Morgan fingerprint density at radius 3 is 2.41 bits per heavy atom. The van der Waals surface area contributed by atoms with E-state index in [0.29, 0.717) is 10.7 Å². The number of aromatic nitrogens is 2. The van der Waals surface area contributed by atoms with Crippen LogP contribution in [0.25, 0.3) is 0 Å². The van der Waals surface area contributed by atoms with Crippen LogP contribution in [0, 0.1) is 17.0 Å². The molecule has 1 heterocycles. The van der Waals surface area contributed by atoms with E-state index in [4.69, 9.17) is 23.2 Å². The van der Waals surface area contributed by atoms with Gasteiger partial charge in [0.2, 0.25) is 11.6 Å². The molecule has 11 heteroatoms. The van der Waals surface area contributed by atoms with Gasteiger partial charge in [-0.1, -0.05) is 40.9 Å². The van der Waals surface area contributed by atoms with Crippen molar-refractivity contribution in [3.63, 3.8) is 0 Å². The minimum atomic E-state index is -0.652. The molecule has 0 radical (unpaired) electrons. The quantitative estimate of drug-likeness (QED) is 0.386. The Bertz CT molecular complexity index is 1080. The fourth-order valence-corrected chi connectivity index (χ4v) is 2.86. The molecule has 0 atom stereocenters. The average Bonchev–Trinajstić information content (AvgIpc) is 2.67. The summed E-state index contributed by atoms with van der Waals surface area (Å²) < 4.78 is 0. The molecule has 0 saturated heterocycles. The maximum absolute atomic E-state index is 12.3. The van der Waals surface area contributed by atoms with Gasteiger partial charge in [0, 0.05) is 10.7 Å². The maximum atomic E-state index is 12.3. The predicted molar refractivity (Wildman–Crippen MR) is 111 cm³/mol. The lowest BCUT2D eigenvalue weighted by Crippen LogP contribution is -2.30. The number of nitrogens with one attached hydrogen (secondary N) is 3. The fraction of sp³-hybridized carbons (Fsp3) is 0.0556. The highest BCUT2D eigenvalue weighted by Crippen LogP contribution is 2.31. The van der Waals surface area contributed by atoms with Crippen LogP contribution in [0.2, 0.25) is 10.0 Å². The Hall–Kier alpha value is -3.43. The SMILES string of the molecule is Cc1ccc(Nc2ncnc(NNC(=O)c3ccc(Cl)cc3Cl)c2[N+](=O)[O-])cc1. The summed E-state index contributed by atoms with van der Waals surface area (Å²) >= 11 is 11.8. The van der Waals surface area contributed by atoms with Crippen LogP contribution in [0.1, 0.15) is 15.9 Å². The first-order valence-corrected chi connectivity index (χ1v) is 8.95. The highest BCUT2D eigenvalue weighted by Gasteiger charge is 2.24. The summed E-state index contributed by atoms with van der Waals surface area (Å²) in [5, 5.41) is 15.0. The van der Waals surface area contributed by atoms with E-state index in [0.717, 1.165) is 11.9 Å². The largest absolute Gasteiger partial charge is 0.355 e. The summed E-state index contributed by atoms with van der Waals surface area (Å²) in [5.41, 5.74) is 6.13. The van der Waals surface area contributed by atoms with Crippen molar-refractivity contribution in [2.24, 2.45) is 0 Å². The third kappa shape index (κ3) is 4.89. The summed E-state index contributed by atoms with van der Waals surface area (Å²) in [4.78, 5) is 31.0. The van der Waals surface area contributed by atoms with Gasteiger partial charge >= 0.3 is 5.69 Å². The van der Waals surface area contributed by atoms with Crippen molar-refractivity contribution in [1.29, 1.82) is 0 Å². The molecule has 1 amide bonds. The van der Waals surface area contributed by atoms with E-state index in [1.54, 1.807) is 12.1 Å². The first-order valence-electron chi connectivity index (χ1n) is 8.19. The highest BCUT2D eigenvalue weighted by atomic mass is 35.5. The summed E-state index contributed by atoms with van der Waals surface area (Å²) in [5.74, 6) is -0.846. The van der Waals surface area contributed by atoms with Gasteiger partial charge in [-0.25, -0.2) is 9.97 Å². The molecule has 0 fully saturated rings. The molecule has 0 saturated carbocycles. The molecule has 0 aliphatic heterocycles. The van der Waals surface area contributed by atoms with Crippen molar-refractivity contribution in [1.82, 2.24) is 15.4 Å². The lowest BCUT2D eigenvalue weighted by Gasteiger charge is -2.11. The number of amides is 1. The van der Waals surface area contributed by atoms with Crippen molar-refractivity contribution in [2.45, 2.75) is 6.92 Å². The van der Waals surface area contributed by atoms with Crippen molar-refractivity contribution < 1.29 is 9.72 Å². The van der Waals surface area contributed by atoms with Crippen LogP contribution >= 0.6 is 23.2 Å². The zero-order chi connectivity index (χ0) is 21.0. The monoisotopic (exact) mass is 432 g/mol. The number of aryl methyl sites for hydroxylation is 1. The Balaban J connectivity index is 1.82. The van der Waals surface area contributed by atoms with Crippen molar-refractivity contribution >= 4 is 52.1 Å². The van der Waals surface area contributed by atoms with Gasteiger partial charge < -0.3 is 5.32 Å². The summed E-state index contributed by atoms with van der Waals surface area (Å²) in [6, 6.07) is 11.6. The van der Waals surface area contributed by atoms with Crippen molar-refractivity contribution in [3.8, 4) is 0 Å². The number of rotatable bonds is 6. The number of nitrogens with zero attached hydrogens (tertiary/aromatic N) is 3. The van der Waals surface area contributed by atoms with E-state index in [1.807, 2.05) is 19.1 Å². The first-order chi connectivity index (χ1) is 13.8. The lowest BCUT2D eigenvalue weighted by molar-refractivity contribution is -0.383. The van der Waals surface area contributed by atoms with E-state index in [1.165, 1.54) is 18.2 Å². The third-order valence-corrected chi connectivity index (χ3v) is 4.34. The third-order valence-electron chi connectivity index (χ3n) is 3.79. The second-order valence-electron chi connectivity index (χ2n) is 5.87. The van der Waals surface area contributed by atoms with E-state index in [-0.39, 0.29) is 22.2 Å². The zero-order valence-corrected chi connectivity index (χ0v) is 16.5. The Morgan fingerprint density at radius 2 is 1.76 bits per heavy atom. The predicted octanol–water partition coefficient (Wildman–Crippen LogP) is 4.50. The molecular formula is C18H14Cl2N6O3. The number of hydrogen-bond donors (Lipinski definition) is 3. The van der Waals surface area contributed by atoms with Crippen LogP contribution in [-0.2, 0) is 0 Å². The maximum Gasteiger partial charge on any atom is 0.355 e. The zero-order valence-electron chi connectivity index (χ0n) is 14.9. The van der Waals surface area contributed by atoms with E-state index in [2.05, 4.69) is 26.1 Å². The summed E-state index contributed by atoms with van der Waals surface area (Å²) in [6.45, 7) is 1.93. The molecule has 148 valence electrons. The molecule has 9 nitrogen and oxygen atoms in total. The molecular weight excluding hydrogens is 419 g/mol. The molecule has 3 N–H and O–H groups in total. The van der Waals surface area contributed by atoms with Crippen LogP contribution in [0.3, 0.4) is 0 Å². The molecule has 2 aromatic carbocycles. The molecule has 0 aliphatic rings. The van der Waals surface area contributed by atoms with Gasteiger partial charge in [-0.3, -0.25) is 25.8 Å². The molecule has 0 unspecified atom stereocenters. The van der Waals surface area contributed by atoms with Gasteiger partial charge in [0.25, 0.3) is 5.91 Å². The number of anilines is 3. The number of halogens is 2. The molecule has 3 aromatic rings. The average molecular weight is 433 g/mol. The van der Waals surface area contributed by atoms with Gasteiger partial charge in [0.15, 0.2) is 0 Å². The smallest absolute Gasteiger partial charge is 0.334 e. The topological polar surface area (TPSA) is 122 Å². The summed E-state index contributed by atoms with van der Waals surface area (Å²) in [6.07, 6.45) is 1.13. The molecule has 0 spiro atoms. The number of hydrogen-bond acceptors (Lipinski definition) is 7. The number of nitro groups is 1. The van der Waals surface area contributed by atoms with Crippen LogP contribution in [0.15, 0.2) is 48.8 Å². The molecule has 29 heavy (non-hydrogen) atoms. The standard InChI is InChI=1S/C18H14Cl2N6O3/c1-10-2-5-12(6-3-10)23-16-15(26(28)29)17(22-9-21-16)24-25-18(27)13-7-4-11(19)8-14(13)20/h2-9H,1H3,(H,25,27)(H2,21,22,23,24). The normalized spacial score (nSPS) is 10.3. The molecule has 1 aromatic heterocycles. The van der Waals surface area contributed by atoms with Crippen LogP contribution in [0.5, 0.6) is 0 Å². The Kier molecular flexibility index (Phi) is 6.10. The van der Waals surface area contributed by atoms with Crippen molar-refractivity contribution in [3.05, 3.63) is 80.1 Å².